The lowest BCUT2D eigenvalue weighted by atomic mass is 9.58. The Hall–Kier alpha value is -1.02. The van der Waals surface area contributed by atoms with Crippen LogP contribution in [0.2, 0.25) is 0 Å². The minimum absolute atomic E-state index is 0.310. The zero-order valence-electron chi connectivity index (χ0n) is 13.7. The molecule has 1 aromatic carbocycles. The monoisotopic (exact) mass is 287 g/mol. The maximum atomic E-state index is 6.41. The van der Waals surface area contributed by atoms with Crippen LogP contribution >= 0.6 is 0 Å². The first kappa shape index (κ1) is 14.9. The summed E-state index contributed by atoms with van der Waals surface area (Å²) in [4.78, 5) is 0. The molecule has 0 spiro atoms. The van der Waals surface area contributed by atoms with Crippen molar-refractivity contribution in [1.82, 2.24) is 5.32 Å². The van der Waals surface area contributed by atoms with Crippen molar-refractivity contribution in [3.63, 3.8) is 0 Å². The van der Waals surface area contributed by atoms with E-state index in [1.165, 1.54) is 49.7 Å². The van der Waals surface area contributed by atoms with E-state index in [-0.39, 0.29) is 0 Å². The van der Waals surface area contributed by atoms with Gasteiger partial charge in [-0.2, -0.15) is 0 Å². The van der Waals surface area contributed by atoms with Crippen LogP contribution in [0.3, 0.4) is 0 Å². The van der Waals surface area contributed by atoms with Crippen LogP contribution in [0, 0.1) is 5.41 Å². The van der Waals surface area contributed by atoms with Gasteiger partial charge in [0.15, 0.2) is 0 Å². The molecule has 1 aromatic rings. The van der Waals surface area contributed by atoms with Crippen LogP contribution in [0.1, 0.15) is 57.1 Å². The molecular weight excluding hydrogens is 258 g/mol. The van der Waals surface area contributed by atoms with E-state index >= 15 is 0 Å². The molecule has 0 saturated heterocycles. The number of fused-ring (bicyclic) bond motifs is 1. The largest absolute Gasteiger partial charge is 0.490 e. The van der Waals surface area contributed by atoms with Crippen LogP contribution in [0.25, 0.3) is 0 Å². The first-order valence-corrected chi connectivity index (χ1v) is 8.69. The summed E-state index contributed by atoms with van der Waals surface area (Å²) >= 11 is 0. The number of nitrogens with one attached hydrogen (secondary N) is 1. The Morgan fingerprint density at radius 1 is 1.14 bits per heavy atom. The Labute approximate surface area is 129 Å². The number of rotatable bonds is 5. The quantitative estimate of drug-likeness (QED) is 0.880. The summed E-state index contributed by atoms with van der Waals surface area (Å²) in [5, 5.41) is 3.48. The van der Waals surface area contributed by atoms with Gasteiger partial charge in [-0.05, 0) is 68.8 Å². The summed E-state index contributed by atoms with van der Waals surface area (Å²) < 4.78 is 6.41. The van der Waals surface area contributed by atoms with E-state index in [2.05, 4.69) is 44.4 Å². The van der Waals surface area contributed by atoms with Crippen molar-refractivity contribution in [2.45, 2.75) is 70.9 Å². The topological polar surface area (TPSA) is 21.3 Å². The summed E-state index contributed by atoms with van der Waals surface area (Å²) in [5.74, 6) is 1.08. The SMILES string of the molecule is CCC1(CC)C(NC)CC1Oc1ccc2c(c1)CCCC2. The molecule has 0 heterocycles. The summed E-state index contributed by atoms with van der Waals surface area (Å²) in [6, 6.07) is 7.39. The first-order valence-electron chi connectivity index (χ1n) is 8.69. The standard InChI is InChI=1S/C19H29NO/c1-4-19(5-2)17(20-3)13-18(19)21-16-11-10-14-8-6-7-9-15(14)12-16/h10-12,17-18,20H,4-9,13H2,1-3H3. The highest BCUT2D eigenvalue weighted by atomic mass is 16.5. The van der Waals surface area contributed by atoms with Gasteiger partial charge >= 0.3 is 0 Å². The Kier molecular flexibility index (Phi) is 4.26. The summed E-state index contributed by atoms with van der Waals surface area (Å²) in [6.07, 6.45) is 9.01. The van der Waals surface area contributed by atoms with E-state index < -0.39 is 0 Å². The van der Waals surface area contributed by atoms with E-state index in [4.69, 9.17) is 4.74 Å². The third-order valence-electron chi connectivity index (χ3n) is 6.05. The van der Waals surface area contributed by atoms with Crippen LogP contribution in [-0.2, 0) is 12.8 Å². The molecule has 2 atom stereocenters. The molecule has 116 valence electrons. The van der Waals surface area contributed by atoms with Gasteiger partial charge in [0.05, 0.1) is 0 Å². The highest BCUT2D eigenvalue weighted by molar-refractivity contribution is 5.37. The normalized spacial score (nSPS) is 26.8. The zero-order chi connectivity index (χ0) is 14.9. The summed E-state index contributed by atoms with van der Waals surface area (Å²) in [6.45, 7) is 4.60. The fraction of sp³-hybridized carbons (Fsp3) is 0.684. The molecule has 2 aliphatic rings. The second-order valence-corrected chi connectivity index (χ2v) is 6.76. The van der Waals surface area contributed by atoms with Gasteiger partial charge in [-0.3, -0.25) is 0 Å². The lowest BCUT2D eigenvalue weighted by Gasteiger charge is -2.55. The van der Waals surface area contributed by atoms with Crippen molar-refractivity contribution in [2.24, 2.45) is 5.41 Å². The molecule has 0 bridgehead atoms. The molecule has 1 fully saturated rings. The predicted molar refractivity (Wildman–Crippen MR) is 88.0 cm³/mol. The lowest BCUT2D eigenvalue weighted by Crippen LogP contribution is -2.63. The van der Waals surface area contributed by atoms with Crippen molar-refractivity contribution in [3.8, 4) is 5.75 Å². The smallest absolute Gasteiger partial charge is 0.120 e. The van der Waals surface area contributed by atoms with Crippen molar-refractivity contribution in [1.29, 1.82) is 0 Å². The third-order valence-corrected chi connectivity index (χ3v) is 6.05. The van der Waals surface area contributed by atoms with Gasteiger partial charge < -0.3 is 10.1 Å². The van der Waals surface area contributed by atoms with E-state index in [9.17, 15) is 0 Å². The average molecular weight is 287 g/mol. The highest BCUT2D eigenvalue weighted by Gasteiger charge is 2.53. The molecule has 2 unspecified atom stereocenters. The zero-order valence-corrected chi connectivity index (χ0v) is 13.7. The summed E-state index contributed by atoms with van der Waals surface area (Å²) in [7, 11) is 2.08. The van der Waals surface area contributed by atoms with Crippen LogP contribution in [-0.4, -0.2) is 19.2 Å². The van der Waals surface area contributed by atoms with Gasteiger partial charge in [0.1, 0.15) is 11.9 Å². The number of hydrogen-bond acceptors (Lipinski definition) is 2. The minimum atomic E-state index is 0.310. The summed E-state index contributed by atoms with van der Waals surface area (Å²) in [5.41, 5.74) is 3.36. The van der Waals surface area contributed by atoms with Gasteiger partial charge in [-0.1, -0.05) is 19.9 Å². The molecule has 0 aliphatic heterocycles. The van der Waals surface area contributed by atoms with E-state index in [0.29, 0.717) is 17.6 Å². The fourth-order valence-electron chi connectivity index (χ4n) is 4.46. The fourth-order valence-corrected chi connectivity index (χ4v) is 4.46. The van der Waals surface area contributed by atoms with Crippen LogP contribution in [0.5, 0.6) is 5.75 Å². The molecule has 0 amide bonds. The molecule has 2 nitrogen and oxygen atoms in total. The first-order chi connectivity index (χ1) is 10.2. The number of ether oxygens (including phenoxy) is 1. The number of benzene rings is 1. The van der Waals surface area contributed by atoms with Gasteiger partial charge in [0.2, 0.25) is 0 Å². The van der Waals surface area contributed by atoms with Crippen molar-refractivity contribution in [3.05, 3.63) is 29.3 Å². The van der Waals surface area contributed by atoms with Crippen LogP contribution in [0.15, 0.2) is 18.2 Å². The van der Waals surface area contributed by atoms with Crippen molar-refractivity contribution in [2.75, 3.05) is 7.05 Å². The average Bonchev–Trinajstić information content (AvgIpc) is 2.52. The van der Waals surface area contributed by atoms with Gasteiger partial charge in [0, 0.05) is 17.9 Å². The van der Waals surface area contributed by atoms with E-state index in [0.717, 1.165) is 12.2 Å². The molecule has 2 aliphatic carbocycles. The Morgan fingerprint density at radius 3 is 2.52 bits per heavy atom. The maximum absolute atomic E-state index is 6.41. The van der Waals surface area contributed by atoms with E-state index in [1.54, 1.807) is 0 Å². The molecule has 1 saturated carbocycles. The van der Waals surface area contributed by atoms with Gasteiger partial charge in [-0.25, -0.2) is 0 Å². The van der Waals surface area contributed by atoms with Crippen LogP contribution < -0.4 is 10.1 Å². The maximum Gasteiger partial charge on any atom is 0.120 e. The molecule has 1 N–H and O–H groups in total. The minimum Gasteiger partial charge on any atom is -0.490 e. The van der Waals surface area contributed by atoms with Crippen LogP contribution in [0.4, 0.5) is 0 Å². The Balaban J connectivity index is 1.75. The molecule has 2 heteroatoms. The van der Waals surface area contributed by atoms with Gasteiger partial charge in [-0.15, -0.1) is 0 Å². The molecule has 21 heavy (non-hydrogen) atoms. The lowest BCUT2D eigenvalue weighted by molar-refractivity contribution is -0.0836. The van der Waals surface area contributed by atoms with Gasteiger partial charge in [0.25, 0.3) is 0 Å². The highest BCUT2D eigenvalue weighted by Crippen LogP contribution is 2.49. The molecular formula is C19H29NO. The second-order valence-electron chi connectivity index (χ2n) is 6.76. The Morgan fingerprint density at radius 2 is 1.86 bits per heavy atom. The molecule has 0 radical (unpaired) electrons. The molecule has 3 rings (SSSR count). The van der Waals surface area contributed by atoms with Crippen molar-refractivity contribution >= 4 is 0 Å². The number of aryl methyl sites for hydroxylation is 2. The molecule has 0 aromatic heterocycles. The predicted octanol–water partition coefficient (Wildman–Crippen LogP) is 4.11. The van der Waals surface area contributed by atoms with Crippen molar-refractivity contribution < 1.29 is 4.74 Å². The Bertz CT molecular complexity index is 492. The second kappa shape index (κ2) is 6.00. The third kappa shape index (κ3) is 2.48. The van der Waals surface area contributed by atoms with E-state index in [1.807, 2.05) is 0 Å². The number of hydrogen-bond donors (Lipinski definition) is 1.